The van der Waals surface area contributed by atoms with Crippen molar-refractivity contribution in [3.8, 4) is 0 Å². The standard InChI is InChI=1S/C13H19N3O.2ClH/c1-10-6-12(9-15-8-10)13(17)16-4-2-11(7-14)3-5-16;;/h6,8-9,11H,2-5,7,14H2,1H3;2*1H. The van der Waals surface area contributed by atoms with Gasteiger partial charge in [-0.1, -0.05) is 0 Å². The van der Waals surface area contributed by atoms with Crippen molar-refractivity contribution in [2.24, 2.45) is 11.7 Å². The van der Waals surface area contributed by atoms with Gasteiger partial charge in [-0.3, -0.25) is 9.78 Å². The van der Waals surface area contributed by atoms with Crippen LogP contribution in [0.3, 0.4) is 0 Å². The second-order valence-corrected chi connectivity index (χ2v) is 4.72. The number of aryl methyl sites for hydroxylation is 1. The van der Waals surface area contributed by atoms with Gasteiger partial charge in [0, 0.05) is 25.5 Å². The number of rotatable bonds is 2. The molecule has 1 amide bonds. The average Bonchev–Trinajstić information content (AvgIpc) is 2.38. The molecule has 0 aromatic carbocycles. The lowest BCUT2D eigenvalue weighted by Crippen LogP contribution is -2.40. The topological polar surface area (TPSA) is 59.2 Å². The molecule has 6 heteroatoms. The largest absolute Gasteiger partial charge is 0.339 e. The van der Waals surface area contributed by atoms with E-state index in [9.17, 15) is 4.79 Å². The molecule has 0 bridgehead atoms. The van der Waals surface area contributed by atoms with Gasteiger partial charge in [0.15, 0.2) is 0 Å². The van der Waals surface area contributed by atoms with Crippen LogP contribution in [-0.4, -0.2) is 35.4 Å². The summed E-state index contributed by atoms with van der Waals surface area (Å²) in [4.78, 5) is 18.2. The van der Waals surface area contributed by atoms with Crippen molar-refractivity contribution >= 4 is 30.7 Å². The Morgan fingerprint density at radius 3 is 2.53 bits per heavy atom. The van der Waals surface area contributed by atoms with Gasteiger partial charge in [0.1, 0.15) is 0 Å². The number of amides is 1. The van der Waals surface area contributed by atoms with Crippen molar-refractivity contribution < 1.29 is 4.79 Å². The Kier molecular flexibility index (Phi) is 7.99. The van der Waals surface area contributed by atoms with Gasteiger partial charge in [-0.25, -0.2) is 0 Å². The number of carbonyl (C=O) groups excluding carboxylic acids is 1. The third-order valence-electron chi connectivity index (χ3n) is 3.36. The van der Waals surface area contributed by atoms with E-state index in [0.717, 1.165) is 38.0 Å². The molecule has 1 aliphatic rings. The lowest BCUT2D eigenvalue weighted by atomic mass is 9.97. The molecule has 1 fully saturated rings. The number of halogens is 2. The molecule has 0 saturated carbocycles. The fourth-order valence-electron chi connectivity index (χ4n) is 2.23. The van der Waals surface area contributed by atoms with Gasteiger partial charge in [-0.05, 0) is 43.9 Å². The van der Waals surface area contributed by atoms with Crippen molar-refractivity contribution in [3.63, 3.8) is 0 Å². The summed E-state index contributed by atoms with van der Waals surface area (Å²) >= 11 is 0. The molecule has 1 aliphatic heterocycles. The molecular weight excluding hydrogens is 285 g/mol. The molecular formula is C13H21Cl2N3O. The molecule has 2 heterocycles. The second-order valence-electron chi connectivity index (χ2n) is 4.72. The summed E-state index contributed by atoms with van der Waals surface area (Å²) in [6.45, 7) is 4.31. The molecule has 0 unspecified atom stereocenters. The normalized spacial score (nSPS) is 15.4. The maximum absolute atomic E-state index is 12.2. The summed E-state index contributed by atoms with van der Waals surface area (Å²) in [5.74, 6) is 0.673. The van der Waals surface area contributed by atoms with E-state index in [1.165, 1.54) is 0 Å². The van der Waals surface area contributed by atoms with E-state index in [1.54, 1.807) is 12.4 Å². The second kappa shape index (κ2) is 8.35. The van der Waals surface area contributed by atoms with E-state index in [-0.39, 0.29) is 30.7 Å². The van der Waals surface area contributed by atoms with Gasteiger partial charge < -0.3 is 10.6 Å². The molecule has 1 aromatic heterocycles. The summed E-state index contributed by atoms with van der Waals surface area (Å²) in [6, 6.07) is 1.89. The van der Waals surface area contributed by atoms with Gasteiger partial charge in [0.05, 0.1) is 5.56 Å². The van der Waals surface area contributed by atoms with Gasteiger partial charge >= 0.3 is 0 Å². The highest BCUT2D eigenvalue weighted by atomic mass is 35.5. The van der Waals surface area contributed by atoms with Crippen LogP contribution in [0.1, 0.15) is 28.8 Å². The Balaban J connectivity index is 0.00000162. The molecule has 108 valence electrons. The number of aromatic nitrogens is 1. The zero-order valence-corrected chi connectivity index (χ0v) is 12.7. The number of nitrogens with zero attached hydrogens (tertiary/aromatic N) is 2. The smallest absolute Gasteiger partial charge is 0.255 e. The number of nitrogens with two attached hydrogens (primary N) is 1. The maximum Gasteiger partial charge on any atom is 0.255 e. The summed E-state index contributed by atoms with van der Waals surface area (Å²) in [7, 11) is 0. The van der Waals surface area contributed by atoms with E-state index in [0.29, 0.717) is 11.5 Å². The molecule has 0 radical (unpaired) electrons. The molecule has 0 atom stereocenters. The van der Waals surface area contributed by atoms with Gasteiger partial charge in [-0.15, -0.1) is 24.8 Å². The van der Waals surface area contributed by atoms with Crippen molar-refractivity contribution in [3.05, 3.63) is 29.6 Å². The van der Waals surface area contributed by atoms with Crippen LogP contribution in [0.25, 0.3) is 0 Å². The van der Waals surface area contributed by atoms with E-state index in [2.05, 4.69) is 4.98 Å². The number of hydrogen-bond donors (Lipinski definition) is 1. The van der Waals surface area contributed by atoms with Crippen LogP contribution in [-0.2, 0) is 0 Å². The zero-order chi connectivity index (χ0) is 12.3. The van der Waals surface area contributed by atoms with E-state index in [4.69, 9.17) is 5.73 Å². The molecule has 4 nitrogen and oxygen atoms in total. The zero-order valence-electron chi connectivity index (χ0n) is 11.0. The Bertz CT molecular complexity index is 407. The number of carbonyl (C=O) groups is 1. The van der Waals surface area contributed by atoms with Crippen LogP contribution in [0.4, 0.5) is 0 Å². The van der Waals surface area contributed by atoms with Crippen molar-refractivity contribution in [2.75, 3.05) is 19.6 Å². The van der Waals surface area contributed by atoms with Crippen LogP contribution < -0.4 is 5.73 Å². The monoisotopic (exact) mass is 305 g/mol. The molecule has 2 rings (SSSR count). The molecule has 0 aliphatic carbocycles. The Morgan fingerprint density at radius 2 is 2.00 bits per heavy atom. The highest BCUT2D eigenvalue weighted by Gasteiger charge is 2.22. The van der Waals surface area contributed by atoms with E-state index in [1.807, 2.05) is 17.9 Å². The lowest BCUT2D eigenvalue weighted by Gasteiger charge is -2.31. The molecule has 0 spiro atoms. The van der Waals surface area contributed by atoms with E-state index >= 15 is 0 Å². The maximum atomic E-state index is 12.2. The first kappa shape index (κ1) is 18.2. The SMILES string of the molecule is Cc1cncc(C(=O)N2CCC(CN)CC2)c1.Cl.Cl. The first-order valence-corrected chi connectivity index (χ1v) is 6.11. The minimum atomic E-state index is 0. The molecule has 19 heavy (non-hydrogen) atoms. The average molecular weight is 306 g/mol. The number of likely N-dealkylation sites (tertiary alicyclic amines) is 1. The van der Waals surface area contributed by atoms with Gasteiger partial charge in [0.25, 0.3) is 5.91 Å². The van der Waals surface area contributed by atoms with Crippen LogP contribution in [0, 0.1) is 12.8 Å². The highest BCUT2D eigenvalue weighted by molar-refractivity contribution is 5.94. The van der Waals surface area contributed by atoms with Crippen LogP contribution in [0.2, 0.25) is 0 Å². The van der Waals surface area contributed by atoms with Crippen LogP contribution in [0.5, 0.6) is 0 Å². The minimum Gasteiger partial charge on any atom is -0.339 e. The van der Waals surface area contributed by atoms with Crippen molar-refractivity contribution in [1.29, 1.82) is 0 Å². The number of hydrogen-bond acceptors (Lipinski definition) is 3. The third kappa shape index (κ3) is 4.64. The minimum absolute atomic E-state index is 0. The fraction of sp³-hybridized carbons (Fsp3) is 0.538. The lowest BCUT2D eigenvalue weighted by molar-refractivity contribution is 0.0693. The van der Waals surface area contributed by atoms with Gasteiger partial charge in [-0.2, -0.15) is 0 Å². The summed E-state index contributed by atoms with van der Waals surface area (Å²) in [5.41, 5.74) is 7.35. The number of piperidine rings is 1. The predicted molar refractivity (Wildman–Crippen MR) is 81.2 cm³/mol. The van der Waals surface area contributed by atoms with Crippen LogP contribution in [0.15, 0.2) is 18.5 Å². The molecule has 1 aromatic rings. The highest BCUT2D eigenvalue weighted by Crippen LogP contribution is 2.17. The number of pyridine rings is 1. The first-order valence-electron chi connectivity index (χ1n) is 6.11. The quantitative estimate of drug-likeness (QED) is 0.909. The van der Waals surface area contributed by atoms with Gasteiger partial charge in [0.2, 0.25) is 0 Å². The third-order valence-corrected chi connectivity index (χ3v) is 3.36. The Morgan fingerprint density at radius 1 is 1.37 bits per heavy atom. The molecule has 1 saturated heterocycles. The predicted octanol–water partition coefficient (Wildman–Crippen LogP) is 2.04. The summed E-state index contributed by atoms with van der Waals surface area (Å²) in [6.07, 6.45) is 5.44. The summed E-state index contributed by atoms with van der Waals surface area (Å²) in [5, 5.41) is 0. The van der Waals surface area contributed by atoms with Crippen molar-refractivity contribution in [1.82, 2.24) is 9.88 Å². The fourth-order valence-corrected chi connectivity index (χ4v) is 2.23. The van der Waals surface area contributed by atoms with Crippen molar-refractivity contribution in [2.45, 2.75) is 19.8 Å². The Labute approximate surface area is 126 Å². The first-order chi connectivity index (χ1) is 8.20. The van der Waals surface area contributed by atoms with E-state index < -0.39 is 0 Å². The summed E-state index contributed by atoms with van der Waals surface area (Å²) < 4.78 is 0. The van der Waals surface area contributed by atoms with Crippen LogP contribution >= 0.6 is 24.8 Å². The Hall–Kier alpha value is -0.840. The molecule has 2 N–H and O–H groups in total.